The number of carbonyl (C=O) groups excluding carboxylic acids is 1. The molecule has 0 unspecified atom stereocenters. The molecular formula is C14H22N2O. The van der Waals surface area contributed by atoms with Gasteiger partial charge in [0.25, 0.3) is 5.91 Å². The van der Waals surface area contributed by atoms with Gasteiger partial charge in [-0.1, -0.05) is 26.8 Å². The van der Waals surface area contributed by atoms with Crippen LogP contribution in [-0.2, 0) is 0 Å². The zero-order chi connectivity index (χ0) is 13.1. The summed E-state index contributed by atoms with van der Waals surface area (Å²) < 4.78 is 0. The molecule has 1 rings (SSSR count). The third-order valence-electron chi connectivity index (χ3n) is 2.47. The predicted molar refractivity (Wildman–Crippen MR) is 72.5 cm³/mol. The second-order valence-electron chi connectivity index (χ2n) is 5.54. The van der Waals surface area contributed by atoms with Gasteiger partial charge in [-0.15, -0.1) is 0 Å². The second-order valence-corrected chi connectivity index (χ2v) is 5.54. The summed E-state index contributed by atoms with van der Waals surface area (Å²) in [6.45, 7) is 8.98. The van der Waals surface area contributed by atoms with E-state index in [9.17, 15) is 4.79 Å². The summed E-state index contributed by atoms with van der Waals surface area (Å²) in [7, 11) is 1.83. The van der Waals surface area contributed by atoms with Gasteiger partial charge in [0.1, 0.15) is 0 Å². The molecule has 3 heteroatoms. The fraction of sp³-hybridized carbons (Fsp3) is 0.500. The number of nitrogens with one attached hydrogen (secondary N) is 2. The van der Waals surface area contributed by atoms with Crippen molar-refractivity contribution in [3.63, 3.8) is 0 Å². The SMILES string of the molecule is CNc1cc(C)ccc1C(=O)NCC(C)(C)C. The molecule has 0 saturated heterocycles. The van der Waals surface area contributed by atoms with E-state index >= 15 is 0 Å². The molecule has 94 valence electrons. The smallest absolute Gasteiger partial charge is 0.253 e. The third kappa shape index (κ3) is 4.10. The molecule has 1 aromatic carbocycles. The van der Waals surface area contributed by atoms with Gasteiger partial charge in [-0.3, -0.25) is 4.79 Å². The van der Waals surface area contributed by atoms with Crippen LogP contribution in [0.5, 0.6) is 0 Å². The largest absolute Gasteiger partial charge is 0.387 e. The molecule has 17 heavy (non-hydrogen) atoms. The normalized spacial score (nSPS) is 11.1. The molecule has 0 fully saturated rings. The van der Waals surface area contributed by atoms with Crippen LogP contribution in [-0.4, -0.2) is 19.5 Å². The van der Waals surface area contributed by atoms with Crippen molar-refractivity contribution in [2.24, 2.45) is 5.41 Å². The minimum atomic E-state index is -0.0238. The van der Waals surface area contributed by atoms with Crippen molar-refractivity contribution in [2.45, 2.75) is 27.7 Å². The van der Waals surface area contributed by atoms with E-state index in [4.69, 9.17) is 0 Å². The lowest BCUT2D eigenvalue weighted by atomic mass is 9.97. The molecule has 0 aliphatic rings. The van der Waals surface area contributed by atoms with Crippen LogP contribution in [0.4, 0.5) is 5.69 Å². The summed E-state index contributed by atoms with van der Waals surface area (Å²) in [6, 6.07) is 5.79. The number of hydrogen-bond donors (Lipinski definition) is 2. The first-order chi connectivity index (χ1) is 7.83. The highest BCUT2D eigenvalue weighted by Gasteiger charge is 2.15. The Labute approximate surface area is 104 Å². The van der Waals surface area contributed by atoms with Crippen LogP contribution in [0.1, 0.15) is 36.7 Å². The van der Waals surface area contributed by atoms with Gasteiger partial charge in [0.2, 0.25) is 0 Å². The maximum absolute atomic E-state index is 12.0. The summed E-state index contributed by atoms with van der Waals surface area (Å²) in [5.74, 6) is -0.0238. The molecule has 0 spiro atoms. The monoisotopic (exact) mass is 234 g/mol. The number of rotatable bonds is 3. The van der Waals surface area contributed by atoms with E-state index in [1.54, 1.807) is 0 Å². The summed E-state index contributed by atoms with van der Waals surface area (Å²) in [4.78, 5) is 12.0. The van der Waals surface area contributed by atoms with Crippen LogP contribution in [0.15, 0.2) is 18.2 Å². The fourth-order valence-corrected chi connectivity index (χ4v) is 1.50. The molecule has 1 amide bonds. The van der Waals surface area contributed by atoms with Gasteiger partial charge < -0.3 is 10.6 Å². The summed E-state index contributed by atoms with van der Waals surface area (Å²) >= 11 is 0. The van der Waals surface area contributed by atoms with Crippen LogP contribution in [0.3, 0.4) is 0 Å². The summed E-state index contributed by atoms with van der Waals surface area (Å²) in [6.07, 6.45) is 0. The van der Waals surface area contributed by atoms with Gasteiger partial charge in [-0.25, -0.2) is 0 Å². The van der Waals surface area contributed by atoms with Crippen LogP contribution in [0, 0.1) is 12.3 Å². The molecule has 0 aromatic heterocycles. The molecular weight excluding hydrogens is 212 g/mol. The quantitative estimate of drug-likeness (QED) is 0.844. The van der Waals surface area contributed by atoms with Crippen molar-refractivity contribution in [3.8, 4) is 0 Å². The van der Waals surface area contributed by atoms with Crippen molar-refractivity contribution in [2.75, 3.05) is 18.9 Å². The molecule has 3 nitrogen and oxygen atoms in total. The number of amides is 1. The molecule has 0 bridgehead atoms. The summed E-state index contributed by atoms with van der Waals surface area (Å²) in [5.41, 5.74) is 2.81. The molecule has 2 N–H and O–H groups in total. The van der Waals surface area contributed by atoms with Gasteiger partial charge in [0, 0.05) is 19.3 Å². The van der Waals surface area contributed by atoms with Gasteiger partial charge in [-0.05, 0) is 30.0 Å². The van der Waals surface area contributed by atoms with Gasteiger partial charge in [0.15, 0.2) is 0 Å². The number of anilines is 1. The molecule has 0 heterocycles. The molecule has 0 aliphatic heterocycles. The van der Waals surface area contributed by atoms with E-state index in [0.29, 0.717) is 12.1 Å². The molecule has 0 atom stereocenters. The minimum absolute atomic E-state index is 0.0238. The lowest BCUT2D eigenvalue weighted by molar-refractivity contribution is 0.0940. The van der Waals surface area contributed by atoms with E-state index in [1.807, 2.05) is 32.2 Å². The van der Waals surface area contributed by atoms with Gasteiger partial charge in [-0.2, -0.15) is 0 Å². The highest BCUT2D eigenvalue weighted by Crippen LogP contribution is 2.17. The standard InChI is InChI=1S/C14H22N2O/c1-10-6-7-11(12(8-10)15-5)13(17)16-9-14(2,3)4/h6-8,15H,9H2,1-5H3,(H,16,17). The Morgan fingerprint density at radius 2 is 1.94 bits per heavy atom. The Balaban J connectivity index is 2.82. The van der Waals surface area contributed by atoms with E-state index in [2.05, 4.69) is 31.4 Å². The maximum Gasteiger partial charge on any atom is 0.253 e. The first kappa shape index (κ1) is 13.6. The predicted octanol–water partition coefficient (Wildman–Crippen LogP) is 2.81. The molecule has 0 saturated carbocycles. The van der Waals surface area contributed by atoms with E-state index in [-0.39, 0.29) is 11.3 Å². The van der Waals surface area contributed by atoms with Crippen molar-refractivity contribution in [1.82, 2.24) is 5.32 Å². The highest BCUT2D eigenvalue weighted by atomic mass is 16.1. The van der Waals surface area contributed by atoms with Gasteiger partial charge >= 0.3 is 0 Å². The van der Waals surface area contributed by atoms with Crippen molar-refractivity contribution >= 4 is 11.6 Å². The van der Waals surface area contributed by atoms with Crippen molar-refractivity contribution in [1.29, 1.82) is 0 Å². The van der Waals surface area contributed by atoms with E-state index in [0.717, 1.165) is 11.3 Å². The van der Waals surface area contributed by atoms with E-state index < -0.39 is 0 Å². The average molecular weight is 234 g/mol. The third-order valence-corrected chi connectivity index (χ3v) is 2.47. The van der Waals surface area contributed by atoms with Crippen molar-refractivity contribution in [3.05, 3.63) is 29.3 Å². The first-order valence-corrected chi connectivity index (χ1v) is 5.90. The number of benzene rings is 1. The summed E-state index contributed by atoms with van der Waals surface area (Å²) in [5, 5.41) is 6.01. The number of aryl methyl sites for hydroxylation is 1. The molecule has 0 radical (unpaired) electrons. The second kappa shape index (κ2) is 5.21. The Kier molecular flexibility index (Phi) is 4.16. The van der Waals surface area contributed by atoms with Gasteiger partial charge in [0.05, 0.1) is 5.56 Å². The zero-order valence-corrected chi connectivity index (χ0v) is 11.3. The number of carbonyl (C=O) groups is 1. The van der Waals surface area contributed by atoms with Crippen LogP contribution in [0.25, 0.3) is 0 Å². The van der Waals surface area contributed by atoms with E-state index in [1.165, 1.54) is 0 Å². The molecule has 0 aliphatic carbocycles. The highest BCUT2D eigenvalue weighted by molar-refractivity contribution is 5.99. The minimum Gasteiger partial charge on any atom is -0.387 e. The number of hydrogen-bond acceptors (Lipinski definition) is 2. The van der Waals surface area contributed by atoms with Crippen LogP contribution < -0.4 is 10.6 Å². The topological polar surface area (TPSA) is 41.1 Å². The first-order valence-electron chi connectivity index (χ1n) is 5.90. The Morgan fingerprint density at radius 3 is 2.47 bits per heavy atom. The lowest BCUT2D eigenvalue weighted by Crippen LogP contribution is -2.32. The van der Waals surface area contributed by atoms with Crippen molar-refractivity contribution < 1.29 is 4.79 Å². The lowest BCUT2D eigenvalue weighted by Gasteiger charge is -2.19. The molecule has 1 aromatic rings. The Hall–Kier alpha value is -1.51. The Bertz CT molecular complexity index is 405. The fourth-order valence-electron chi connectivity index (χ4n) is 1.50. The van der Waals surface area contributed by atoms with Crippen LogP contribution >= 0.6 is 0 Å². The van der Waals surface area contributed by atoms with Crippen LogP contribution in [0.2, 0.25) is 0 Å². The Morgan fingerprint density at radius 1 is 1.29 bits per heavy atom. The average Bonchev–Trinajstić information content (AvgIpc) is 2.24. The maximum atomic E-state index is 12.0. The zero-order valence-electron chi connectivity index (χ0n) is 11.3.